The summed E-state index contributed by atoms with van der Waals surface area (Å²) in [5, 5.41) is 6.17. The molecule has 2 aromatic carbocycles. The number of hydrogen-bond donors (Lipinski definition) is 2. The first-order chi connectivity index (χ1) is 15.5. The van der Waals surface area contributed by atoms with E-state index in [1.165, 1.54) is 12.1 Å². The van der Waals surface area contributed by atoms with Crippen LogP contribution in [0.25, 0.3) is 0 Å². The quantitative estimate of drug-likeness (QED) is 0.597. The van der Waals surface area contributed by atoms with Gasteiger partial charge in [-0.25, -0.2) is 9.18 Å². The molecular formula is C25H33F2N3O2. The molecule has 1 saturated heterocycles. The van der Waals surface area contributed by atoms with Crippen LogP contribution in [-0.4, -0.2) is 43.3 Å². The number of nitrogens with one attached hydrogen (secondary N) is 2. The number of ether oxygens (including phenoxy) is 1. The number of amides is 2. The Morgan fingerprint density at radius 2 is 1.84 bits per heavy atom. The smallest absolute Gasteiger partial charge is 0.318 e. The molecule has 2 atom stereocenters. The monoisotopic (exact) mass is 445 g/mol. The van der Waals surface area contributed by atoms with Crippen molar-refractivity contribution in [2.45, 2.75) is 39.4 Å². The Morgan fingerprint density at radius 1 is 1.16 bits per heavy atom. The van der Waals surface area contributed by atoms with Gasteiger partial charge in [-0.3, -0.25) is 4.39 Å². The van der Waals surface area contributed by atoms with Gasteiger partial charge in [-0.1, -0.05) is 38.1 Å². The molecule has 2 N–H and O–H groups in total. The summed E-state index contributed by atoms with van der Waals surface area (Å²) in [4.78, 5) is 14.9. The Labute approximate surface area is 189 Å². The summed E-state index contributed by atoms with van der Waals surface area (Å²) in [6.07, 6.45) is 0.672. The second-order valence-electron chi connectivity index (χ2n) is 8.74. The molecule has 0 unspecified atom stereocenters. The lowest BCUT2D eigenvalue weighted by Crippen LogP contribution is -2.54. The average Bonchev–Trinajstić information content (AvgIpc) is 2.81. The molecular weight excluding hydrogens is 412 g/mol. The number of halogens is 2. The highest BCUT2D eigenvalue weighted by molar-refractivity contribution is 5.74. The summed E-state index contributed by atoms with van der Waals surface area (Å²) in [6.45, 7) is 6.26. The zero-order valence-corrected chi connectivity index (χ0v) is 18.8. The molecule has 0 spiro atoms. The van der Waals surface area contributed by atoms with Gasteiger partial charge >= 0.3 is 6.03 Å². The van der Waals surface area contributed by atoms with E-state index >= 15 is 0 Å². The van der Waals surface area contributed by atoms with Crippen molar-refractivity contribution in [1.82, 2.24) is 15.5 Å². The Hall–Kier alpha value is -2.67. The van der Waals surface area contributed by atoms with Crippen LogP contribution in [0.2, 0.25) is 0 Å². The number of hydrogen-bond acceptors (Lipinski definition) is 3. The zero-order chi connectivity index (χ0) is 22.9. The van der Waals surface area contributed by atoms with Crippen LogP contribution < -0.4 is 15.4 Å². The maximum atomic E-state index is 13.7. The first kappa shape index (κ1) is 24.0. The first-order valence-electron chi connectivity index (χ1n) is 11.2. The van der Waals surface area contributed by atoms with Gasteiger partial charge in [0.05, 0.1) is 13.3 Å². The molecule has 5 nitrogen and oxygen atoms in total. The van der Waals surface area contributed by atoms with Crippen molar-refractivity contribution in [3.63, 3.8) is 0 Å². The number of carbonyl (C=O) groups is 1. The van der Waals surface area contributed by atoms with Crippen LogP contribution in [0.1, 0.15) is 31.4 Å². The molecule has 0 aromatic heterocycles. The fourth-order valence-electron chi connectivity index (χ4n) is 3.85. The van der Waals surface area contributed by atoms with Crippen molar-refractivity contribution in [3.05, 3.63) is 65.5 Å². The Kier molecular flexibility index (Phi) is 8.85. The van der Waals surface area contributed by atoms with E-state index in [1.807, 2.05) is 24.3 Å². The lowest BCUT2D eigenvalue weighted by molar-refractivity contribution is 0.108. The van der Waals surface area contributed by atoms with E-state index in [4.69, 9.17) is 4.74 Å². The Morgan fingerprint density at radius 3 is 2.50 bits per heavy atom. The van der Waals surface area contributed by atoms with Gasteiger partial charge in [0, 0.05) is 31.6 Å². The summed E-state index contributed by atoms with van der Waals surface area (Å²) in [5.41, 5.74) is 1.76. The number of nitrogens with zero attached hydrogens (tertiary/aromatic N) is 1. The predicted molar refractivity (Wildman–Crippen MR) is 122 cm³/mol. The number of carbonyl (C=O) groups excluding carboxylic acids is 1. The number of rotatable bonds is 9. The van der Waals surface area contributed by atoms with Crippen molar-refractivity contribution < 1.29 is 18.3 Å². The highest BCUT2D eigenvalue weighted by atomic mass is 19.1. The molecule has 0 radical (unpaired) electrons. The largest absolute Gasteiger partial charge is 0.493 e. The molecule has 1 aliphatic heterocycles. The fraction of sp³-hybridized carbons (Fsp3) is 0.480. The van der Waals surface area contributed by atoms with Gasteiger partial charge in [0.2, 0.25) is 0 Å². The van der Waals surface area contributed by atoms with E-state index in [0.717, 1.165) is 23.4 Å². The van der Waals surface area contributed by atoms with Crippen molar-refractivity contribution in [2.24, 2.45) is 11.8 Å². The Balaban J connectivity index is 1.66. The van der Waals surface area contributed by atoms with Crippen molar-refractivity contribution in [1.29, 1.82) is 0 Å². The molecule has 32 heavy (non-hydrogen) atoms. The number of urea groups is 1. The molecule has 2 aromatic rings. The van der Waals surface area contributed by atoms with Crippen LogP contribution in [0.4, 0.5) is 13.6 Å². The van der Waals surface area contributed by atoms with Gasteiger partial charge in [-0.15, -0.1) is 0 Å². The third-order valence-corrected chi connectivity index (χ3v) is 5.64. The first-order valence-corrected chi connectivity index (χ1v) is 11.2. The van der Waals surface area contributed by atoms with Gasteiger partial charge in [0.25, 0.3) is 0 Å². The summed E-state index contributed by atoms with van der Waals surface area (Å²) < 4.78 is 32.7. The van der Waals surface area contributed by atoms with E-state index in [2.05, 4.69) is 24.5 Å². The van der Waals surface area contributed by atoms with Gasteiger partial charge in [0.15, 0.2) is 0 Å². The maximum Gasteiger partial charge on any atom is 0.318 e. The van der Waals surface area contributed by atoms with Crippen LogP contribution >= 0.6 is 0 Å². The van der Waals surface area contributed by atoms with Crippen LogP contribution in [0.5, 0.6) is 5.75 Å². The van der Waals surface area contributed by atoms with E-state index in [9.17, 15) is 13.6 Å². The highest BCUT2D eigenvalue weighted by Gasteiger charge is 2.33. The molecule has 3 rings (SSSR count). The van der Waals surface area contributed by atoms with Gasteiger partial charge in [-0.2, -0.15) is 0 Å². The number of alkyl halides is 1. The van der Waals surface area contributed by atoms with E-state index < -0.39 is 6.67 Å². The van der Waals surface area contributed by atoms with E-state index in [-0.39, 0.29) is 23.8 Å². The summed E-state index contributed by atoms with van der Waals surface area (Å²) in [7, 11) is 0. The van der Waals surface area contributed by atoms with Gasteiger partial charge < -0.3 is 20.3 Å². The van der Waals surface area contributed by atoms with Crippen LogP contribution in [-0.2, 0) is 13.1 Å². The molecule has 1 heterocycles. The zero-order valence-electron chi connectivity index (χ0n) is 18.8. The molecule has 174 valence electrons. The summed E-state index contributed by atoms with van der Waals surface area (Å²) >= 11 is 0. The average molecular weight is 446 g/mol. The predicted octanol–water partition coefficient (Wildman–Crippen LogP) is 4.52. The third kappa shape index (κ3) is 6.92. The number of piperidine rings is 1. The molecule has 7 heteroatoms. The molecule has 0 aliphatic carbocycles. The lowest BCUT2D eigenvalue weighted by Gasteiger charge is -2.39. The lowest BCUT2D eigenvalue weighted by atomic mass is 9.92. The summed E-state index contributed by atoms with van der Waals surface area (Å²) in [5.74, 6) is 0.651. The van der Waals surface area contributed by atoms with Gasteiger partial charge in [-0.05, 0) is 54.3 Å². The number of benzene rings is 2. The van der Waals surface area contributed by atoms with Crippen molar-refractivity contribution in [2.75, 3.05) is 26.4 Å². The minimum absolute atomic E-state index is 0.224. The molecule has 2 amide bonds. The molecule has 0 saturated carbocycles. The second kappa shape index (κ2) is 11.8. The maximum absolute atomic E-state index is 13.7. The SMILES string of the molecule is CC(C)COc1ccc(CNC(=O)N(Cc2ccc(F)cc2)[C@H]2CCNC[C@H]2CF)cc1. The van der Waals surface area contributed by atoms with Crippen LogP contribution in [0.15, 0.2) is 48.5 Å². The third-order valence-electron chi connectivity index (χ3n) is 5.64. The minimum atomic E-state index is -0.497. The van der Waals surface area contributed by atoms with E-state index in [0.29, 0.717) is 38.6 Å². The molecule has 1 aliphatic rings. The Bertz CT molecular complexity index is 843. The standard InChI is InChI=1S/C25H33F2N3O2/c1-18(2)17-32-23-9-5-19(6-10-23)14-29-25(31)30(16-20-3-7-22(27)8-4-20)24-11-12-28-15-21(24)13-26/h3-10,18,21,24,28H,11-17H2,1-2H3,(H,29,31)/t21-,24+/m1/s1. The van der Waals surface area contributed by atoms with Crippen molar-refractivity contribution in [3.8, 4) is 5.75 Å². The van der Waals surface area contributed by atoms with Crippen molar-refractivity contribution >= 4 is 6.03 Å². The molecule has 1 fully saturated rings. The van der Waals surface area contributed by atoms with Gasteiger partial charge in [0.1, 0.15) is 11.6 Å². The highest BCUT2D eigenvalue weighted by Crippen LogP contribution is 2.22. The topological polar surface area (TPSA) is 53.6 Å². The van der Waals surface area contributed by atoms with E-state index in [1.54, 1.807) is 17.0 Å². The molecule has 0 bridgehead atoms. The normalized spacial score (nSPS) is 18.4. The second-order valence-corrected chi connectivity index (χ2v) is 8.74. The fourth-order valence-corrected chi connectivity index (χ4v) is 3.85. The van der Waals surface area contributed by atoms with Crippen LogP contribution in [0, 0.1) is 17.7 Å². The summed E-state index contributed by atoms with van der Waals surface area (Å²) in [6, 6.07) is 13.3. The minimum Gasteiger partial charge on any atom is -0.493 e. The van der Waals surface area contributed by atoms with Crippen LogP contribution in [0.3, 0.4) is 0 Å².